The molecule has 0 spiro atoms. The van der Waals surface area contributed by atoms with Gasteiger partial charge in [-0.1, -0.05) is 18.2 Å². The Morgan fingerprint density at radius 2 is 2.00 bits per heavy atom. The number of hydrogen-bond acceptors (Lipinski definition) is 2. The smallest absolute Gasteiger partial charge is 0.135 e. The van der Waals surface area contributed by atoms with Crippen molar-refractivity contribution >= 4 is 11.5 Å². The van der Waals surface area contributed by atoms with Crippen LogP contribution in [0.1, 0.15) is 19.3 Å². The lowest BCUT2D eigenvalue weighted by Gasteiger charge is -2.11. The van der Waals surface area contributed by atoms with Gasteiger partial charge in [-0.25, -0.2) is 0 Å². The molecule has 1 aromatic rings. The summed E-state index contributed by atoms with van der Waals surface area (Å²) in [6.07, 6.45) is 2.41. The van der Waals surface area contributed by atoms with E-state index in [1.807, 2.05) is 30.3 Å². The molecule has 1 aliphatic carbocycles. The van der Waals surface area contributed by atoms with E-state index in [4.69, 9.17) is 0 Å². The van der Waals surface area contributed by atoms with Gasteiger partial charge in [0.15, 0.2) is 0 Å². The van der Waals surface area contributed by atoms with Crippen molar-refractivity contribution < 1.29 is 4.79 Å². The van der Waals surface area contributed by atoms with Crippen LogP contribution in [0.3, 0.4) is 0 Å². The quantitative estimate of drug-likeness (QED) is 0.746. The van der Waals surface area contributed by atoms with Crippen molar-refractivity contribution in [3.05, 3.63) is 30.3 Å². The van der Waals surface area contributed by atoms with Crippen molar-refractivity contribution in [2.75, 3.05) is 5.32 Å². The van der Waals surface area contributed by atoms with Crippen molar-refractivity contribution in [2.24, 2.45) is 0 Å². The van der Waals surface area contributed by atoms with Gasteiger partial charge < -0.3 is 5.32 Å². The Morgan fingerprint density at radius 3 is 2.62 bits per heavy atom. The van der Waals surface area contributed by atoms with Crippen molar-refractivity contribution in [3.63, 3.8) is 0 Å². The average Bonchev–Trinajstić information content (AvgIpc) is 2.53. The molecule has 1 atom stereocenters. The van der Waals surface area contributed by atoms with Gasteiger partial charge in [-0.3, -0.25) is 4.79 Å². The predicted molar refractivity (Wildman–Crippen MR) is 52.7 cm³/mol. The van der Waals surface area contributed by atoms with Crippen LogP contribution < -0.4 is 5.32 Å². The number of nitrogens with one attached hydrogen (secondary N) is 1. The van der Waals surface area contributed by atoms with Crippen LogP contribution in [0.4, 0.5) is 5.69 Å². The van der Waals surface area contributed by atoms with Crippen LogP contribution in [0, 0.1) is 0 Å². The summed E-state index contributed by atoms with van der Waals surface area (Å²) in [6.45, 7) is 0. The fraction of sp³-hybridized carbons (Fsp3) is 0.364. The summed E-state index contributed by atoms with van der Waals surface area (Å²) >= 11 is 0. The molecule has 0 heterocycles. The Morgan fingerprint density at radius 1 is 1.23 bits per heavy atom. The monoisotopic (exact) mass is 175 g/mol. The standard InChI is InChI=1S/C11H13NO/c13-11-7-6-10(8-11)12-9-4-2-1-3-5-9/h1-5,10,12H,6-8H2/t10-/m1/s1. The highest BCUT2D eigenvalue weighted by molar-refractivity contribution is 5.81. The SMILES string of the molecule is O=C1CC[C@@H](Nc2ccccc2)C1. The summed E-state index contributed by atoms with van der Waals surface area (Å²) in [4.78, 5) is 11.0. The largest absolute Gasteiger partial charge is 0.382 e. The summed E-state index contributed by atoms with van der Waals surface area (Å²) in [7, 11) is 0. The summed E-state index contributed by atoms with van der Waals surface area (Å²) in [5.41, 5.74) is 1.11. The minimum atomic E-state index is 0.356. The number of carbonyl (C=O) groups is 1. The number of hydrogen-bond donors (Lipinski definition) is 1. The van der Waals surface area contributed by atoms with E-state index in [0.717, 1.165) is 18.5 Å². The van der Waals surface area contributed by atoms with Crippen LogP contribution in [-0.2, 0) is 4.79 Å². The van der Waals surface area contributed by atoms with Crippen LogP contribution in [-0.4, -0.2) is 11.8 Å². The summed E-state index contributed by atoms with van der Waals surface area (Å²) in [5.74, 6) is 0.383. The van der Waals surface area contributed by atoms with Gasteiger partial charge in [0.25, 0.3) is 0 Å². The first kappa shape index (κ1) is 8.30. The molecule has 1 fully saturated rings. The van der Waals surface area contributed by atoms with Gasteiger partial charge >= 0.3 is 0 Å². The van der Waals surface area contributed by atoms with Crippen LogP contribution in [0.15, 0.2) is 30.3 Å². The van der Waals surface area contributed by atoms with E-state index in [0.29, 0.717) is 18.2 Å². The molecule has 13 heavy (non-hydrogen) atoms. The number of carbonyl (C=O) groups excluding carboxylic acids is 1. The van der Waals surface area contributed by atoms with E-state index in [1.54, 1.807) is 0 Å². The number of ketones is 1. The van der Waals surface area contributed by atoms with Crippen LogP contribution >= 0.6 is 0 Å². The second-order valence-corrected chi connectivity index (χ2v) is 3.49. The fourth-order valence-corrected chi connectivity index (χ4v) is 1.71. The summed E-state index contributed by atoms with van der Waals surface area (Å²) in [6, 6.07) is 10.4. The van der Waals surface area contributed by atoms with E-state index in [2.05, 4.69) is 5.32 Å². The highest BCUT2D eigenvalue weighted by Crippen LogP contribution is 2.19. The molecular formula is C11H13NO. The third-order valence-electron chi connectivity index (χ3n) is 2.39. The van der Waals surface area contributed by atoms with Crippen molar-refractivity contribution in [1.82, 2.24) is 0 Å². The van der Waals surface area contributed by atoms with E-state index in [-0.39, 0.29) is 0 Å². The first-order chi connectivity index (χ1) is 6.34. The molecule has 0 radical (unpaired) electrons. The van der Waals surface area contributed by atoms with Crippen LogP contribution in [0.5, 0.6) is 0 Å². The molecule has 0 unspecified atom stereocenters. The van der Waals surface area contributed by atoms with Crippen molar-refractivity contribution in [3.8, 4) is 0 Å². The molecule has 0 amide bonds. The number of anilines is 1. The maximum atomic E-state index is 11.0. The van der Waals surface area contributed by atoms with Gasteiger partial charge in [0, 0.05) is 24.6 Å². The maximum Gasteiger partial charge on any atom is 0.135 e. The molecule has 68 valence electrons. The molecular weight excluding hydrogens is 162 g/mol. The second-order valence-electron chi connectivity index (χ2n) is 3.49. The highest BCUT2D eigenvalue weighted by Gasteiger charge is 2.21. The molecule has 2 rings (SSSR count). The zero-order chi connectivity index (χ0) is 9.10. The topological polar surface area (TPSA) is 29.1 Å². The van der Waals surface area contributed by atoms with E-state index < -0.39 is 0 Å². The number of para-hydroxylation sites is 1. The molecule has 0 bridgehead atoms. The molecule has 1 aliphatic rings. The zero-order valence-corrected chi connectivity index (χ0v) is 7.49. The fourth-order valence-electron chi connectivity index (χ4n) is 1.71. The van der Waals surface area contributed by atoms with Gasteiger partial charge in [0.1, 0.15) is 5.78 Å². The molecule has 0 saturated heterocycles. The van der Waals surface area contributed by atoms with Gasteiger partial charge in [-0.05, 0) is 18.6 Å². The molecule has 1 saturated carbocycles. The molecule has 1 aromatic carbocycles. The number of Topliss-reactive ketones (excluding diaryl/α,β-unsaturated/α-hetero) is 1. The minimum Gasteiger partial charge on any atom is -0.382 e. The highest BCUT2D eigenvalue weighted by atomic mass is 16.1. The lowest BCUT2D eigenvalue weighted by atomic mass is 10.2. The first-order valence-corrected chi connectivity index (χ1v) is 4.68. The third kappa shape index (κ3) is 2.08. The molecule has 0 aromatic heterocycles. The Kier molecular flexibility index (Phi) is 2.30. The normalized spacial score (nSPS) is 21.8. The van der Waals surface area contributed by atoms with Crippen molar-refractivity contribution in [1.29, 1.82) is 0 Å². The Bertz CT molecular complexity index is 294. The molecule has 1 N–H and O–H groups in total. The molecule has 2 nitrogen and oxygen atoms in total. The van der Waals surface area contributed by atoms with Gasteiger partial charge in [-0.2, -0.15) is 0 Å². The summed E-state index contributed by atoms with van der Waals surface area (Å²) in [5, 5.41) is 3.35. The van der Waals surface area contributed by atoms with E-state index in [9.17, 15) is 4.79 Å². The third-order valence-corrected chi connectivity index (χ3v) is 2.39. The first-order valence-electron chi connectivity index (χ1n) is 4.68. The van der Waals surface area contributed by atoms with Crippen molar-refractivity contribution in [2.45, 2.75) is 25.3 Å². The Hall–Kier alpha value is -1.31. The second kappa shape index (κ2) is 3.60. The van der Waals surface area contributed by atoms with E-state index >= 15 is 0 Å². The summed E-state index contributed by atoms with van der Waals surface area (Å²) < 4.78 is 0. The van der Waals surface area contributed by atoms with Crippen LogP contribution in [0.25, 0.3) is 0 Å². The predicted octanol–water partition coefficient (Wildman–Crippen LogP) is 2.22. The Balaban J connectivity index is 1.96. The van der Waals surface area contributed by atoms with E-state index in [1.165, 1.54) is 0 Å². The van der Waals surface area contributed by atoms with Gasteiger partial charge in [0.2, 0.25) is 0 Å². The van der Waals surface area contributed by atoms with Crippen LogP contribution in [0.2, 0.25) is 0 Å². The maximum absolute atomic E-state index is 11.0. The van der Waals surface area contributed by atoms with Gasteiger partial charge in [0.05, 0.1) is 0 Å². The zero-order valence-electron chi connectivity index (χ0n) is 7.49. The average molecular weight is 175 g/mol. The number of rotatable bonds is 2. The Labute approximate surface area is 78.0 Å². The minimum absolute atomic E-state index is 0.356. The molecule has 2 heteroatoms. The number of benzene rings is 1. The van der Waals surface area contributed by atoms with Gasteiger partial charge in [-0.15, -0.1) is 0 Å². The lowest BCUT2D eigenvalue weighted by molar-refractivity contribution is -0.117. The lowest BCUT2D eigenvalue weighted by Crippen LogP contribution is -2.15. The molecule has 0 aliphatic heterocycles.